The molecular weight excluding hydrogens is 1000 g/mol. The molecule has 0 fully saturated rings. The average molecular weight is 1130 g/mol. The van der Waals surface area contributed by atoms with Crippen molar-refractivity contribution in [2.75, 3.05) is 40.9 Å². The van der Waals surface area contributed by atoms with Crippen LogP contribution in [0, 0.1) is 0 Å². The minimum Gasteiger partial charge on any atom is -0.456 e. The van der Waals surface area contributed by atoms with Crippen molar-refractivity contribution in [2.45, 2.75) is 315 Å². The molecule has 0 heterocycles. The maximum Gasteiger partial charge on any atom is 0.472 e. The molecule has 1 amide bonds. The van der Waals surface area contributed by atoms with Crippen molar-refractivity contribution in [2.24, 2.45) is 0 Å². The zero-order valence-corrected chi connectivity index (χ0v) is 53.5. The molecule has 9 nitrogen and oxygen atoms in total. The Morgan fingerprint density at radius 2 is 0.772 bits per heavy atom. The fraction of sp³-hybridized carbons (Fsp3) is 0.797. The molecule has 0 saturated carbocycles. The molecule has 0 aromatic rings. The number of nitrogens with zero attached hydrogens (tertiary/aromatic N) is 1. The molecular formula is C69H128N2O7P+. The van der Waals surface area contributed by atoms with Gasteiger partial charge < -0.3 is 19.4 Å². The van der Waals surface area contributed by atoms with E-state index in [1.807, 2.05) is 33.3 Å². The van der Waals surface area contributed by atoms with Crippen LogP contribution in [0.5, 0.6) is 0 Å². The number of allylic oxidation sites excluding steroid dienone is 11. The van der Waals surface area contributed by atoms with Gasteiger partial charge in [-0.05, 0) is 102 Å². The third-order valence-corrected chi connectivity index (χ3v) is 15.6. The number of phosphoric ester groups is 1. The number of carbonyl (C=O) groups excluding carboxylic acids is 2. The van der Waals surface area contributed by atoms with Gasteiger partial charge in [-0.2, -0.15) is 0 Å². The highest BCUT2D eigenvalue weighted by molar-refractivity contribution is 7.47. The van der Waals surface area contributed by atoms with Gasteiger partial charge in [0.2, 0.25) is 5.91 Å². The van der Waals surface area contributed by atoms with Gasteiger partial charge in [0.15, 0.2) is 0 Å². The molecule has 0 radical (unpaired) electrons. The molecule has 0 aliphatic heterocycles. The summed E-state index contributed by atoms with van der Waals surface area (Å²) in [5, 5.41) is 3.06. The van der Waals surface area contributed by atoms with Gasteiger partial charge in [-0.25, -0.2) is 4.57 Å². The quantitative estimate of drug-likeness (QED) is 0.0205. The van der Waals surface area contributed by atoms with Gasteiger partial charge in [0, 0.05) is 12.8 Å². The van der Waals surface area contributed by atoms with E-state index < -0.39 is 20.0 Å². The standard InChI is InChI=1S/C69H127N2O7P/c1-7-10-13-16-19-22-25-27-29-30-31-32-33-34-35-36-37-38-39-40-42-43-46-49-52-55-58-61-68(72)70-66(65-77-79(74,75)76-64-63-71(4,5)6)67(60-57-54-51-48-45-24-21-18-15-12-9-3)78-69(73)62-59-56-53-50-47-44-41-28-26-23-20-17-14-11-8-2/h19,22-23,26-27,29,31-32,34-35,57,60,66-67H,7-18,20-21,24-25,28,30,33,36-56,58-59,61-65H2,1-6H3,(H-,70,72,74,75)/p+1/b22-19-,26-23-,29-27-,32-31-,35-34-,60-57-. The van der Waals surface area contributed by atoms with E-state index in [1.165, 1.54) is 186 Å². The lowest BCUT2D eigenvalue weighted by molar-refractivity contribution is -0.870. The number of unbranched alkanes of at least 4 members (excludes halogenated alkanes) is 34. The molecule has 79 heavy (non-hydrogen) atoms. The van der Waals surface area contributed by atoms with Gasteiger partial charge in [0.05, 0.1) is 33.8 Å². The predicted molar refractivity (Wildman–Crippen MR) is 341 cm³/mol. The number of nitrogens with one attached hydrogen (secondary N) is 1. The molecule has 10 heteroatoms. The average Bonchev–Trinajstić information content (AvgIpc) is 3.41. The molecule has 0 aromatic carbocycles. The number of ether oxygens (including phenoxy) is 1. The normalized spacial score (nSPS) is 14.1. The van der Waals surface area contributed by atoms with E-state index in [2.05, 4.69) is 86.8 Å². The lowest BCUT2D eigenvalue weighted by Crippen LogP contribution is -2.47. The van der Waals surface area contributed by atoms with Gasteiger partial charge in [0.1, 0.15) is 19.3 Å². The van der Waals surface area contributed by atoms with E-state index >= 15 is 0 Å². The summed E-state index contributed by atoms with van der Waals surface area (Å²) < 4.78 is 30.7. The van der Waals surface area contributed by atoms with Crippen LogP contribution in [0.1, 0.15) is 303 Å². The van der Waals surface area contributed by atoms with Crippen molar-refractivity contribution in [1.29, 1.82) is 0 Å². The topological polar surface area (TPSA) is 111 Å². The number of hydrogen-bond donors (Lipinski definition) is 2. The summed E-state index contributed by atoms with van der Waals surface area (Å²) in [6.07, 6.45) is 76.2. The number of esters is 1. The number of phosphoric acid groups is 1. The first-order chi connectivity index (χ1) is 38.4. The third kappa shape index (κ3) is 59.9. The molecule has 3 atom stereocenters. The molecule has 0 rings (SSSR count). The Morgan fingerprint density at radius 3 is 1.20 bits per heavy atom. The van der Waals surface area contributed by atoms with Crippen LogP contribution >= 0.6 is 7.82 Å². The predicted octanol–water partition coefficient (Wildman–Crippen LogP) is 20.8. The highest BCUT2D eigenvalue weighted by atomic mass is 31.2. The first-order valence-electron chi connectivity index (χ1n) is 33.3. The van der Waals surface area contributed by atoms with E-state index in [0.717, 1.165) is 83.5 Å². The van der Waals surface area contributed by atoms with Crippen LogP contribution in [0.4, 0.5) is 0 Å². The van der Waals surface area contributed by atoms with E-state index in [4.69, 9.17) is 13.8 Å². The van der Waals surface area contributed by atoms with Crippen LogP contribution in [0.15, 0.2) is 72.9 Å². The Morgan fingerprint density at radius 1 is 0.443 bits per heavy atom. The Balaban J connectivity index is 5.04. The Labute approximate surface area is 489 Å². The molecule has 0 spiro atoms. The number of quaternary nitrogens is 1. The maximum absolute atomic E-state index is 13.6. The maximum atomic E-state index is 13.6. The summed E-state index contributed by atoms with van der Waals surface area (Å²) in [4.78, 5) is 37.7. The second kappa shape index (κ2) is 58.6. The van der Waals surface area contributed by atoms with Crippen molar-refractivity contribution in [3.63, 3.8) is 0 Å². The lowest BCUT2D eigenvalue weighted by Gasteiger charge is -2.27. The van der Waals surface area contributed by atoms with Crippen LogP contribution in [0.3, 0.4) is 0 Å². The zero-order valence-electron chi connectivity index (χ0n) is 52.6. The summed E-state index contributed by atoms with van der Waals surface area (Å²) in [6.45, 7) is 6.98. The third-order valence-electron chi connectivity index (χ3n) is 14.6. The second-order valence-electron chi connectivity index (χ2n) is 23.6. The summed E-state index contributed by atoms with van der Waals surface area (Å²) in [7, 11) is 1.49. The monoisotopic (exact) mass is 1130 g/mol. The van der Waals surface area contributed by atoms with Crippen LogP contribution in [-0.4, -0.2) is 74.3 Å². The molecule has 0 aliphatic rings. The van der Waals surface area contributed by atoms with Crippen LogP contribution in [-0.2, 0) is 27.9 Å². The molecule has 0 aromatic heterocycles. The first kappa shape index (κ1) is 76.5. The highest BCUT2D eigenvalue weighted by Crippen LogP contribution is 2.43. The summed E-state index contributed by atoms with van der Waals surface area (Å²) in [5.74, 6) is -0.509. The number of likely N-dealkylation sites (N-methyl/N-ethyl adjacent to an activating group) is 1. The molecule has 0 saturated heterocycles. The molecule has 2 N–H and O–H groups in total. The van der Waals surface area contributed by atoms with E-state index in [9.17, 15) is 19.0 Å². The van der Waals surface area contributed by atoms with Crippen LogP contribution in [0.25, 0.3) is 0 Å². The minimum absolute atomic E-state index is 0.0375. The first-order valence-corrected chi connectivity index (χ1v) is 34.8. The largest absolute Gasteiger partial charge is 0.472 e. The Kier molecular flexibility index (Phi) is 56.7. The number of hydrogen-bond acceptors (Lipinski definition) is 6. The summed E-state index contributed by atoms with van der Waals surface area (Å²) in [6, 6.07) is -0.853. The number of rotatable bonds is 60. The van der Waals surface area contributed by atoms with E-state index in [0.29, 0.717) is 17.4 Å². The molecule has 3 unspecified atom stereocenters. The van der Waals surface area contributed by atoms with Gasteiger partial charge >= 0.3 is 13.8 Å². The fourth-order valence-electron chi connectivity index (χ4n) is 9.45. The highest BCUT2D eigenvalue weighted by Gasteiger charge is 2.30. The lowest BCUT2D eigenvalue weighted by atomic mass is 10.0. The minimum atomic E-state index is -4.45. The Hall–Kier alpha value is -2.55. The van der Waals surface area contributed by atoms with Gasteiger partial charge in [-0.1, -0.05) is 261 Å². The van der Waals surface area contributed by atoms with E-state index in [1.54, 1.807) is 0 Å². The summed E-state index contributed by atoms with van der Waals surface area (Å²) >= 11 is 0. The smallest absolute Gasteiger partial charge is 0.456 e. The molecule has 0 bridgehead atoms. The second-order valence-corrected chi connectivity index (χ2v) is 25.1. The number of amides is 1. The SMILES string of the molecule is CCCCC/C=C\C/C=C\C/C=C\C/C=C\CCCCCCCCCCCCCC(=O)NC(COP(=O)(O)OCC[N+](C)(C)C)C(/C=C\CCCCCCCCCCC)OC(=O)CCCCCCCCC/C=C\CCCCCC. The Bertz CT molecular complexity index is 1580. The number of carbonyl (C=O) groups is 2. The van der Waals surface area contributed by atoms with Crippen LogP contribution < -0.4 is 5.32 Å². The van der Waals surface area contributed by atoms with Crippen molar-refractivity contribution >= 4 is 19.7 Å². The molecule has 0 aliphatic carbocycles. The van der Waals surface area contributed by atoms with Crippen molar-refractivity contribution in [3.05, 3.63) is 72.9 Å². The molecule has 460 valence electrons. The van der Waals surface area contributed by atoms with Crippen LogP contribution in [0.2, 0.25) is 0 Å². The van der Waals surface area contributed by atoms with Crippen molar-refractivity contribution in [1.82, 2.24) is 5.32 Å². The van der Waals surface area contributed by atoms with E-state index in [-0.39, 0.29) is 31.5 Å². The van der Waals surface area contributed by atoms with Gasteiger partial charge in [0.25, 0.3) is 0 Å². The van der Waals surface area contributed by atoms with Crippen molar-refractivity contribution in [3.8, 4) is 0 Å². The zero-order chi connectivity index (χ0) is 57.9. The summed E-state index contributed by atoms with van der Waals surface area (Å²) in [5.41, 5.74) is 0. The van der Waals surface area contributed by atoms with Gasteiger partial charge in [-0.15, -0.1) is 0 Å². The van der Waals surface area contributed by atoms with Crippen molar-refractivity contribution < 1.29 is 37.3 Å². The fourth-order valence-corrected chi connectivity index (χ4v) is 10.2. The van der Waals surface area contributed by atoms with Gasteiger partial charge in [-0.3, -0.25) is 18.6 Å².